The Kier molecular flexibility index (Phi) is 76.5. The maximum atomic E-state index is 13.0. The molecule has 0 aliphatic carbocycles. The molecule has 0 saturated carbocycles. The Morgan fingerprint density at radius 2 is 0.535 bits per heavy atom. The Hall–Kier alpha value is -5.09. The fraction of sp³-hybridized carbons (Fsp3) is 0.685. The third-order valence-corrected chi connectivity index (χ3v) is 17.8. The van der Waals surface area contributed by atoms with E-state index < -0.39 is 24.3 Å². The lowest BCUT2D eigenvalue weighted by molar-refractivity contribution is -0.870. The van der Waals surface area contributed by atoms with Gasteiger partial charge in [-0.2, -0.15) is 0 Å². The van der Waals surface area contributed by atoms with Gasteiger partial charge in [-0.05, 0) is 122 Å². The molecule has 2 atom stereocenters. The van der Waals surface area contributed by atoms with Crippen LogP contribution < -0.4 is 0 Å². The Morgan fingerprint density at radius 1 is 0.297 bits per heavy atom. The van der Waals surface area contributed by atoms with Crippen LogP contribution in [0.25, 0.3) is 0 Å². The topological polar surface area (TPSA) is 108 Å². The van der Waals surface area contributed by atoms with Gasteiger partial charge in [0, 0.05) is 12.8 Å². The van der Waals surface area contributed by atoms with Crippen molar-refractivity contribution < 1.29 is 42.9 Å². The summed E-state index contributed by atoms with van der Waals surface area (Å²) in [4.78, 5) is 37.8. The number of carboxylic acids is 1. The van der Waals surface area contributed by atoms with Gasteiger partial charge < -0.3 is 28.5 Å². The molecule has 0 aromatic carbocycles. The minimum absolute atomic E-state index is 0.183. The van der Waals surface area contributed by atoms with E-state index in [1.165, 1.54) is 186 Å². The zero-order valence-corrected chi connectivity index (χ0v) is 66.0. The van der Waals surface area contributed by atoms with Gasteiger partial charge in [0.05, 0.1) is 34.4 Å². The molecule has 0 aliphatic rings. The fourth-order valence-electron chi connectivity index (χ4n) is 11.5. The van der Waals surface area contributed by atoms with E-state index in [0.717, 1.165) is 128 Å². The van der Waals surface area contributed by atoms with Gasteiger partial charge in [0.15, 0.2) is 6.10 Å². The molecule has 2 unspecified atom stereocenters. The van der Waals surface area contributed by atoms with E-state index in [2.05, 4.69) is 172 Å². The number of carbonyl (C=O) groups is 3. The molecule has 0 rings (SSSR count). The van der Waals surface area contributed by atoms with Crippen LogP contribution in [0.15, 0.2) is 158 Å². The molecule has 0 amide bonds. The number of esters is 2. The predicted octanol–water partition coefficient (Wildman–Crippen LogP) is 27.1. The molecule has 0 heterocycles. The molecule has 0 radical (unpaired) electrons. The van der Waals surface area contributed by atoms with Crippen LogP contribution in [0.3, 0.4) is 0 Å². The van der Waals surface area contributed by atoms with Crippen molar-refractivity contribution >= 4 is 17.9 Å². The monoisotopic (exact) mass is 1400 g/mol. The van der Waals surface area contributed by atoms with Gasteiger partial charge in [0.1, 0.15) is 13.2 Å². The number of carboxylic acid groups (broad SMARTS) is 1. The highest BCUT2D eigenvalue weighted by Crippen LogP contribution is 2.19. The molecule has 9 heteroatoms. The van der Waals surface area contributed by atoms with Crippen molar-refractivity contribution in [2.45, 2.75) is 360 Å². The van der Waals surface area contributed by atoms with Crippen molar-refractivity contribution in [3.8, 4) is 0 Å². The molecular weight excluding hydrogens is 1250 g/mol. The molecule has 1 N–H and O–H groups in total. The summed E-state index contributed by atoms with van der Waals surface area (Å²) < 4.78 is 23.1. The molecule has 0 aromatic heterocycles. The number of hydrogen-bond acceptors (Lipinski definition) is 7. The van der Waals surface area contributed by atoms with E-state index in [0.29, 0.717) is 23.9 Å². The lowest BCUT2D eigenvalue weighted by Gasteiger charge is -2.25. The summed E-state index contributed by atoms with van der Waals surface area (Å²) in [5.74, 6) is -2.00. The summed E-state index contributed by atoms with van der Waals surface area (Å²) >= 11 is 0. The summed E-state index contributed by atoms with van der Waals surface area (Å²) in [5.41, 5.74) is 0. The van der Waals surface area contributed by atoms with Crippen LogP contribution in [-0.2, 0) is 33.3 Å². The smallest absolute Gasteiger partial charge is 0.361 e. The van der Waals surface area contributed by atoms with Crippen LogP contribution in [0, 0.1) is 0 Å². The summed E-state index contributed by atoms with van der Waals surface area (Å²) in [7, 11) is 5.98. The molecule has 101 heavy (non-hydrogen) atoms. The van der Waals surface area contributed by atoms with Crippen LogP contribution >= 0.6 is 0 Å². The number of carbonyl (C=O) groups excluding carboxylic acids is 2. The number of rotatable bonds is 76. The number of allylic oxidation sites excluding steroid dienone is 26. The van der Waals surface area contributed by atoms with Crippen LogP contribution in [0.1, 0.15) is 348 Å². The van der Waals surface area contributed by atoms with E-state index in [-0.39, 0.29) is 32.2 Å². The molecule has 0 aromatic rings. The van der Waals surface area contributed by atoms with Crippen molar-refractivity contribution in [3.05, 3.63) is 158 Å². The van der Waals surface area contributed by atoms with Gasteiger partial charge in [-0.1, -0.05) is 371 Å². The van der Waals surface area contributed by atoms with Crippen molar-refractivity contribution in [1.82, 2.24) is 0 Å². The van der Waals surface area contributed by atoms with Gasteiger partial charge in [-0.15, -0.1) is 0 Å². The number of quaternary nitrogens is 1. The molecule has 0 bridgehead atoms. The largest absolute Gasteiger partial charge is 0.477 e. The lowest BCUT2D eigenvalue weighted by Crippen LogP contribution is -2.40. The standard InChI is InChI=1S/C92H155NO8/c1-6-8-10-12-14-16-18-20-22-24-26-28-30-32-34-36-38-40-42-44-45-47-49-51-53-55-57-59-61-63-65-67-69-71-73-75-77-79-81-83-90(95)101-88(87-100-92(91(96)97)98-85-84-93(3,4)5)86-99-89(94)82-80-78-76-74-72-70-68-66-64-62-60-58-56-54-52-50-48-46-43-41-39-37-35-33-31-29-27-25-23-21-19-17-15-13-11-9-7-2/h8-11,14-17,20-23,26-29,32,34,38,40,44-45,49,51,55,57,88,92H,6-7,12-13,18-19,24-25,30-31,33,35-37,39,41-43,46-48,50,52-54,56,58-87H2,1-5H3/p+1/b10-8-,11-9-,16-14-,17-15-,22-20-,23-21-,28-26-,29-27-,34-32-,40-38-,45-44-,51-49-,57-55-. The lowest BCUT2D eigenvalue weighted by atomic mass is 10.0. The minimum Gasteiger partial charge on any atom is -0.477 e. The maximum absolute atomic E-state index is 13.0. The van der Waals surface area contributed by atoms with Gasteiger partial charge in [-0.3, -0.25) is 9.59 Å². The molecule has 0 saturated heterocycles. The van der Waals surface area contributed by atoms with Gasteiger partial charge in [-0.25, -0.2) is 4.79 Å². The second-order valence-corrected chi connectivity index (χ2v) is 28.7. The summed E-state index contributed by atoms with van der Waals surface area (Å²) in [5, 5.41) is 9.78. The van der Waals surface area contributed by atoms with Gasteiger partial charge >= 0.3 is 17.9 Å². The Morgan fingerprint density at radius 3 is 0.792 bits per heavy atom. The van der Waals surface area contributed by atoms with Gasteiger partial charge in [0.25, 0.3) is 6.29 Å². The third kappa shape index (κ3) is 82.1. The Bertz CT molecular complexity index is 2230. The first-order chi connectivity index (χ1) is 49.6. The highest BCUT2D eigenvalue weighted by molar-refractivity contribution is 5.71. The number of unbranched alkanes of at least 4 members (excludes halogenated alkanes) is 35. The first-order valence-corrected chi connectivity index (χ1v) is 41.6. The van der Waals surface area contributed by atoms with Crippen LogP contribution in [0.5, 0.6) is 0 Å². The fourth-order valence-corrected chi connectivity index (χ4v) is 11.5. The molecule has 0 spiro atoms. The van der Waals surface area contributed by atoms with Crippen molar-refractivity contribution in [2.75, 3.05) is 47.5 Å². The normalized spacial score (nSPS) is 13.5. The highest BCUT2D eigenvalue weighted by Gasteiger charge is 2.25. The second kappa shape index (κ2) is 80.6. The van der Waals surface area contributed by atoms with E-state index in [4.69, 9.17) is 18.9 Å². The van der Waals surface area contributed by atoms with E-state index in [9.17, 15) is 19.5 Å². The quantitative estimate of drug-likeness (QED) is 0.0211. The second-order valence-electron chi connectivity index (χ2n) is 28.7. The van der Waals surface area contributed by atoms with Crippen LogP contribution in [0.2, 0.25) is 0 Å². The molecular formula is C92H156NO8+. The van der Waals surface area contributed by atoms with E-state index in [1.54, 1.807) is 0 Å². The van der Waals surface area contributed by atoms with Crippen molar-refractivity contribution in [3.63, 3.8) is 0 Å². The maximum Gasteiger partial charge on any atom is 0.361 e. The number of hydrogen-bond donors (Lipinski definition) is 1. The molecule has 9 nitrogen and oxygen atoms in total. The molecule has 576 valence electrons. The average Bonchev–Trinajstić information content (AvgIpc) is 1.21. The number of nitrogens with zero attached hydrogens (tertiary/aromatic N) is 1. The SMILES string of the molecule is CC/C=C\C/C=C\C/C=C\C/C=C\C/C=C\C/C=C\C/C=C\C/C=C\C/C=C\CCCCCCCCCCCCCC(=O)OC(COC(=O)CCCCCCCCCCCCCCCCCCCCCCCCCC/C=C\C/C=C\C/C=C\C/C=C\CC)COC(OCC[N+](C)(C)C)C(=O)O. The zero-order chi connectivity index (χ0) is 73.2. The average molecular weight is 1400 g/mol. The van der Waals surface area contributed by atoms with E-state index in [1.807, 2.05) is 21.1 Å². The summed E-state index contributed by atoms with van der Waals surface area (Å²) in [6.07, 6.45) is 117. The molecule has 0 aliphatic heterocycles. The predicted molar refractivity (Wildman–Crippen MR) is 437 cm³/mol. The first-order valence-electron chi connectivity index (χ1n) is 41.6. The number of ether oxygens (including phenoxy) is 4. The summed E-state index contributed by atoms with van der Waals surface area (Å²) in [6.45, 7) is 4.67. The first kappa shape index (κ1) is 95.9. The van der Waals surface area contributed by atoms with Crippen molar-refractivity contribution in [1.29, 1.82) is 0 Å². The Balaban J connectivity index is 4.04. The minimum atomic E-state index is -1.52. The van der Waals surface area contributed by atoms with E-state index >= 15 is 0 Å². The third-order valence-electron chi connectivity index (χ3n) is 17.8. The van der Waals surface area contributed by atoms with Gasteiger partial charge in [0.2, 0.25) is 0 Å². The van der Waals surface area contributed by atoms with Crippen LogP contribution in [0.4, 0.5) is 0 Å². The number of likely N-dealkylation sites (N-methyl/N-ethyl adjacent to an activating group) is 1. The zero-order valence-electron chi connectivity index (χ0n) is 66.0. The highest BCUT2D eigenvalue weighted by atomic mass is 16.7. The van der Waals surface area contributed by atoms with Crippen molar-refractivity contribution in [2.24, 2.45) is 0 Å². The summed E-state index contributed by atoms with van der Waals surface area (Å²) in [6, 6.07) is 0. The Labute approximate surface area is 623 Å². The van der Waals surface area contributed by atoms with Crippen LogP contribution in [-0.4, -0.2) is 87.4 Å². The molecule has 0 fully saturated rings. The number of aliphatic carboxylic acids is 1.